The zero-order chi connectivity index (χ0) is 23.1. The SMILES string of the molecule is CCOc1ccc(C[C@H](NC(=O)c2[nH]c(C)cc2C)C(=O)NCc2ccc(N)nc2)cc1. The molecule has 0 aliphatic rings. The smallest absolute Gasteiger partial charge is 0.268 e. The van der Waals surface area contributed by atoms with Crippen LogP contribution in [0.25, 0.3) is 0 Å². The molecule has 0 bridgehead atoms. The van der Waals surface area contributed by atoms with Gasteiger partial charge in [-0.15, -0.1) is 0 Å². The van der Waals surface area contributed by atoms with Crippen LogP contribution < -0.4 is 21.1 Å². The molecule has 1 aromatic carbocycles. The number of rotatable bonds is 9. The molecule has 0 saturated carbocycles. The first-order chi connectivity index (χ1) is 15.4. The molecule has 0 aliphatic carbocycles. The van der Waals surface area contributed by atoms with Gasteiger partial charge in [0.2, 0.25) is 5.91 Å². The van der Waals surface area contributed by atoms with Gasteiger partial charge in [-0.05, 0) is 61.7 Å². The zero-order valence-corrected chi connectivity index (χ0v) is 18.6. The zero-order valence-electron chi connectivity index (χ0n) is 18.6. The number of aryl methyl sites for hydroxylation is 2. The molecule has 2 heterocycles. The molecule has 3 rings (SSSR count). The summed E-state index contributed by atoms with van der Waals surface area (Å²) >= 11 is 0. The minimum Gasteiger partial charge on any atom is -0.494 e. The maximum absolute atomic E-state index is 13.0. The van der Waals surface area contributed by atoms with Gasteiger partial charge in [0.15, 0.2) is 0 Å². The van der Waals surface area contributed by atoms with E-state index in [9.17, 15) is 9.59 Å². The van der Waals surface area contributed by atoms with Gasteiger partial charge in [-0.1, -0.05) is 18.2 Å². The molecule has 1 atom stereocenters. The van der Waals surface area contributed by atoms with Crippen LogP contribution in [0.3, 0.4) is 0 Å². The first-order valence-corrected chi connectivity index (χ1v) is 10.5. The van der Waals surface area contributed by atoms with Crippen molar-refractivity contribution >= 4 is 17.6 Å². The number of aromatic nitrogens is 2. The van der Waals surface area contributed by atoms with Gasteiger partial charge in [-0.3, -0.25) is 9.59 Å². The normalized spacial score (nSPS) is 11.6. The Bertz CT molecular complexity index is 1060. The summed E-state index contributed by atoms with van der Waals surface area (Å²) in [4.78, 5) is 33.0. The number of pyridine rings is 1. The van der Waals surface area contributed by atoms with E-state index in [2.05, 4.69) is 20.6 Å². The van der Waals surface area contributed by atoms with Crippen molar-refractivity contribution in [2.45, 2.75) is 39.8 Å². The quantitative estimate of drug-likeness (QED) is 0.412. The second-order valence-electron chi connectivity index (χ2n) is 7.63. The van der Waals surface area contributed by atoms with Crippen molar-refractivity contribution in [1.29, 1.82) is 0 Å². The van der Waals surface area contributed by atoms with Crippen LogP contribution in [0.2, 0.25) is 0 Å². The minimum absolute atomic E-state index is 0.280. The number of carbonyl (C=O) groups excluding carboxylic acids is 2. The standard InChI is InChI=1S/C24H29N5O3/c1-4-32-19-8-5-17(6-9-19)12-20(29-24(31)22-15(2)11-16(3)28-22)23(30)27-14-18-7-10-21(25)26-13-18/h5-11,13,20,28H,4,12,14H2,1-3H3,(H2,25,26)(H,27,30)(H,29,31)/t20-/m0/s1. The van der Waals surface area contributed by atoms with Crippen molar-refractivity contribution in [2.75, 3.05) is 12.3 Å². The lowest BCUT2D eigenvalue weighted by Crippen LogP contribution is -2.48. The van der Waals surface area contributed by atoms with E-state index < -0.39 is 6.04 Å². The van der Waals surface area contributed by atoms with E-state index in [1.807, 2.05) is 51.1 Å². The van der Waals surface area contributed by atoms with Crippen LogP contribution in [0, 0.1) is 13.8 Å². The molecule has 5 N–H and O–H groups in total. The molecule has 32 heavy (non-hydrogen) atoms. The van der Waals surface area contributed by atoms with Crippen molar-refractivity contribution in [3.05, 3.63) is 76.7 Å². The van der Waals surface area contributed by atoms with Gasteiger partial charge in [0.05, 0.1) is 6.61 Å². The van der Waals surface area contributed by atoms with Crippen molar-refractivity contribution in [3.8, 4) is 5.75 Å². The number of H-pyrrole nitrogens is 1. The third-order valence-corrected chi connectivity index (χ3v) is 4.99. The van der Waals surface area contributed by atoms with Crippen molar-refractivity contribution in [2.24, 2.45) is 0 Å². The molecule has 0 aliphatic heterocycles. The van der Waals surface area contributed by atoms with Crippen LogP contribution in [0.15, 0.2) is 48.7 Å². The van der Waals surface area contributed by atoms with Crippen molar-refractivity contribution in [3.63, 3.8) is 0 Å². The van der Waals surface area contributed by atoms with E-state index in [0.29, 0.717) is 24.5 Å². The molecule has 3 aromatic rings. The number of hydrogen-bond donors (Lipinski definition) is 4. The predicted octanol–water partition coefficient (Wildman–Crippen LogP) is 2.66. The number of hydrogen-bond acceptors (Lipinski definition) is 5. The van der Waals surface area contributed by atoms with Gasteiger partial charge in [0.1, 0.15) is 23.3 Å². The Morgan fingerprint density at radius 3 is 2.44 bits per heavy atom. The number of nitrogens with one attached hydrogen (secondary N) is 3. The molecule has 0 spiro atoms. The number of ether oxygens (including phenoxy) is 1. The summed E-state index contributed by atoms with van der Waals surface area (Å²) in [6.45, 7) is 6.52. The summed E-state index contributed by atoms with van der Waals surface area (Å²) in [6, 6.07) is 12.1. The van der Waals surface area contributed by atoms with Gasteiger partial charge in [-0.2, -0.15) is 0 Å². The maximum Gasteiger partial charge on any atom is 0.268 e. The lowest BCUT2D eigenvalue weighted by Gasteiger charge is -2.19. The summed E-state index contributed by atoms with van der Waals surface area (Å²) in [7, 11) is 0. The first kappa shape index (κ1) is 22.9. The highest BCUT2D eigenvalue weighted by Crippen LogP contribution is 2.15. The summed E-state index contributed by atoms with van der Waals surface area (Å²) in [6.07, 6.45) is 1.95. The van der Waals surface area contributed by atoms with E-state index >= 15 is 0 Å². The van der Waals surface area contributed by atoms with E-state index in [4.69, 9.17) is 10.5 Å². The van der Waals surface area contributed by atoms with E-state index in [-0.39, 0.29) is 18.4 Å². The number of nitrogens with zero attached hydrogens (tertiary/aromatic N) is 1. The third kappa shape index (κ3) is 6.10. The van der Waals surface area contributed by atoms with Crippen LogP contribution in [-0.4, -0.2) is 34.4 Å². The Labute approximate surface area is 187 Å². The topological polar surface area (TPSA) is 122 Å². The van der Waals surface area contributed by atoms with Gasteiger partial charge in [-0.25, -0.2) is 4.98 Å². The highest BCUT2D eigenvalue weighted by Gasteiger charge is 2.23. The molecule has 8 nitrogen and oxygen atoms in total. The molecule has 2 amide bonds. The van der Waals surface area contributed by atoms with Gasteiger partial charge in [0.25, 0.3) is 5.91 Å². The minimum atomic E-state index is -0.759. The van der Waals surface area contributed by atoms with Crippen LogP contribution in [0.5, 0.6) is 5.75 Å². The Kier molecular flexibility index (Phi) is 7.49. The number of nitrogen functional groups attached to an aromatic ring is 1. The van der Waals surface area contributed by atoms with E-state index in [1.54, 1.807) is 18.3 Å². The fourth-order valence-electron chi connectivity index (χ4n) is 3.38. The Balaban J connectivity index is 1.74. The number of amides is 2. The lowest BCUT2D eigenvalue weighted by atomic mass is 10.0. The molecule has 0 unspecified atom stereocenters. The number of nitrogens with two attached hydrogens (primary N) is 1. The average Bonchev–Trinajstić information content (AvgIpc) is 3.12. The Morgan fingerprint density at radius 1 is 1.12 bits per heavy atom. The molecule has 2 aromatic heterocycles. The van der Waals surface area contributed by atoms with Crippen LogP contribution in [-0.2, 0) is 17.8 Å². The summed E-state index contributed by atoms with van der Waals surface area (Å²) < 4.78 is 5.48. The molecule has 8 heteroatoms. The van der Waals surface area contributed by atoms with Crippen LogP contribution >= 0.6 is 0 Å². The van der Waals surface area contributed by atoms with Gasteiger partial charge >= 0.3 is 0 Å². The molecule has 0 radical (unpaired) electrons. The van der Waals surface area contributed by atoms with Crippen LogP contribution in [0.4, 0.5) is 5.82 Å². The van der Waals surface area contributed by atoms with Crippen LogP contribution in [0.1, 0.15) is 39.8 Å². The Morgan fingerprint density at radius 2 is 1.84 bits per heavy atom. The van der Waals surface area contributed by atoms with Gasteiger partial charge < -0.3 is 26.1 Å². The lowest BCUT2D eigenvalue weighted by molar-refractivity contribution is -0.123. The maximum atomic E-state index is 13.0. The molecular formula is C24H29N5O3. The highest BCUT2D eigenvalue weighted by molar-refractivity contribution is 5.97. The average molecular weight is 436 g/mol. The number of aromatic amines is 1. The number of anilines is 1. The summed E-state index contributed by atoms with van der Waals surface area (Å²) in [5.74, 6) is 0.563. The highest BCUT2D eigenvalue weighted by atomic mass is 16.5. The second kappa shape index (κ2) is 10.5. The monoisotopic (exact) mass is 435 g/mol. The predicted molar refractivity (Wildman–Crippen MR) is 123 cm³/mol. The fraction of sp³-hybridized carbons (Fsp3) is 0.292. The molecule has 0 fully saturated rings. The number of carbonyl (C=O) groups is 2. The van der Waals surface area contributed by atoms with E-state index in [1.165, 1.54) is 0 Å². The fourth-order valence-corrected chi connectivity index (χ4v) is 3.38. The van der Waals surface area contributed by atoms with Crippen molar-refractivity contribution < 1.29 is 14.3 Å². The second-order valence-corrected chi connectivity index (χ2v) is 7.63. The largest absolute Gasteiger partial charge is 0.494 e. The molecule has 0 saturated heterocycles. The summed E-state index contributed by atoms with van der Waals surface area (Å²) in [5, 5.41) is 5.75. The molecular weight excluding hydrogens is 406 g/mol. The van der Waals surface area contributed by atoms with Gasteiger partial charge in [0, 0.05) is 24.9 Å². The molecule has 168 valence electrons. The van der Waals surface area contributed by atoms with Crippen molar-refractivity contribution in [1.82, 2.24) is 20.6 Å². The van der Waals surface area contributed by atoms with E-state index in [0.717, 1.165) is 28.1 Å². The third-order valence-electron chi connectivity index (χ3n) is 4.99. The Hall–Kier alpha value is -3.81. The number of benzene rings is 1. The summed E-state index contributed by atoms with van der Waals surface area (Å²) in [5.41, 5.74) is 9.50. The first-order valence-electron chi connectivity index (χ1n) is 10.5.